The number of hydrogen-bond acceptors (Lipinski definition) is 4. The van der Waals surface area contributed by atoms with E-state index >= 15 is 0 Å². The lowest BCUT2D eigenvalue weighted by molar-refractivity contribution is 0.0829. The van der Waals surface area contributed by atoms with Crippen molar-refractivity contribution in [2.24, 2.45) is 4.99 Å². The Bertz CT molecular complexity index is 874. The summed E-state index contributed by atoms with van der Waals surface area (Å²) < 4.78 is 5.52. The van der Waals surface area contributed by atoms with E-state index in [1.54, 1.807) is 21.2 Å². The Labute approximate surface area is 157 Å². The van der Waals surface area contributed by atoms with E-state index in [9.17, 15) is 4.79 Å². The molecule has 0 aliphatic rings. The quantitative estimate of drug-likeness (QED) is 0.620. The number of rotatable bonds is 5. The smallest absolute Gasteiger partial charge is 0.267 e. The van der Waals surface area contributed by atoms with E-state index < -0.39 is 0 Å². The number of amides is 1. The van der Waals surface area contributed by atoms with Crippen LogP contribution >= 0.6 is 11.3 Å². The molecule has 5 heteroatoms. The molecule has 1 heterocycles. The summed E-state index contributed by atoms with van der Waals surface area (Å²) in [6.45, 7) is 0. The van der Waals surface area contributed by atoms with E-state index in [1.807, 2.05) is 66.0 Å². The molecule has 2 aromatic carbocycles. The van der Waals surface area contributed by atoms with Gasteiger partial charge in [0, 0.05) is 30.6 Å². The summed E-state index contributed by atoms with van der Waals surface area (Å²) in [5.41, 5.74) is 3.51. The number of nitrogens with zero attached hydrogens (tertiary/aromatic N) is 2. The van der Waals surface area contributed by atoms with Crippen LogP contribution in [0.5, 0.6) is 5.75 Å². The van der Waals surface area contributed by atoms with Gasteiger partial charge in [0.2, 0.25) is 0 Å². The number of aliphatic imine (C=N–C) groups is 1. The molecule has 0 N–H and O–H groups in total. The second kappa shape index (κ2) is 7.97. The zero-order valence-corrected chi connectivity index (χ0v) is 15.8. The minimum absolute atomic E-state index is 0.0886. The molecule has 3 aromatic rings. The molecule has 0 aliphatic heterocycles. The van der Waals surface area contributed by atoms with Gasteiger partial charge in [0.05, 0.1) is 12.8 Å². The second-order valence-electron chi connectivity index (χ2n) is 5.88. The van der Waals surface area contributed by atoms with E-state index in [0.717, 1.165) is 16.8 Å². The monoisotopic (exact) mass is 364 g/mol. The topological polar surface area (TPSA) is 41.9 Å². The fourth-order valence-corrected chi connectivity index (χ4v) is 3.54. The molecule has 0 bridgehead atoms. The third kappa shape index (κ3) is 3.68. The van der Waals surface area contributed by atoms with E-state index in [2.05, 4.69) is 0 Å². The minimum atomic E-state index is -0.0886. The van der Waals surface area contributed by atoms with Gasteiger partial charge in [-0.15, -0.1) is 11.3 Å². The van der Waals surface area contributed by atoms with Crippen LogP contribution in [0.4, 0.5) is 5.69 Å². The van der Waals surface area contributed by atoms with Crippen molar-refractivity contribution in [3.8, 4) is 5.75 Å². The Morgan fingerprint density at radius 3 is 1.96 bits per heavy atom. The largest absolute Gasteiger partial charge is 0.493 e. The van der Waals surface area contributed by atoms with Gasteiger partial charge in [-0.2, -0.15) is 0 Å². The standard InChI is InChI=1S/C21H20N2O2S/c1-23(2)21(24)20-19(25-3)17(14-26-20)22-18(15-10-6-4-7-11-15)16-12-8-5-9-13-16/h4-14H,1-3H3. The number of thiophene rings is 1. The number of methoxy groups -OCH3 is 1. The van der Waals surface area contributed by atoms with Crippen LogP contribution in [-0.2, 0) is 0 Å². The van der Waals surface area contributed by atoms with Crippen molar-refractivity contribution in [1.82, 2.24) is 4.90 Å². The fraction of sp³-hybridized carbons (Fsp3) is 0.143. The number of benzene rings is 2. The number of carbonyl (C=O) groups excluding carboxylic acids is 1. The van der Waals surface area contributed by atoms with Crippen LogP contribution in [0.3, 0.4) is 0 Å². The molecular formula is C21H20N2O2S. The lowest BCUT2D eigenvalue weighted by Crippen LogP contribution is -2.21. The normalized spacial score (nSPS) is 10.3. The van der Waals surface area contributed by atoms with Crippen molar-refractivity contribution >= 4 is 28.6 Å². The molecule has 0 atom stereocenters. The van der Waals surface area contributed by atoms with Gasteiger partial charge in [-0.3, -0.25) is 4.79 Å². The highest BCUT2D eigenvalue weighted by Crippen LogP contribution is 2.38. The predicted molar refractivity (Wildman–Crippen MR) is 107 cm³/mol. The third-order valence-electron chi connectivity index (χ3n) is 3.86. The van der Waals surface area contributed by atoms with Crippen LogP contribution in [0.2, 0.25) is 0 Å². The molecule has 0 saturated carbocycles. The lowest BCUT2D eigenvalue weighted by Gasteiger charge is -2.11. The summed E-state index contributed by atoms with van der Waals surface area (Å²) in [4.78, 5) is 19.3. The molecule has 0 saturated heterocycles. The highest BCUT2D eigenvalue weighted by molar-refractivity contribution is 7.13. The number of ether oxygens (including phenoxy) is 1. The van der Waals surface area contributed by atoms with E-state index in [0.29, 0.717) is 16.3 Å². The average molecular weight is 364 g/mol. The van der Waals surface area contributed by atoms with Crippen LogP contribution in [0.15, 0.2) is 71.0 Å². The van der Waals surface area contributed by atoms with Crippen molar-refractivity contribution in [3.63, 3.8) is 0 Å². The molecule has 0 aliphatic carbocycles. The van der Waals surface area contributed by atoms with Gasteiger partial charge in [-0.25, -0.2) is 4.99 Å². The van der Waals surface area contributed by atoms with Gasteiger partial charge < -0.3 is 9.64 Å². The maximum absolute atomic E-state index is 12.4. The van der Waals surface area contributed by atoms with Gasteiger partial charge in [-0.1, -0.05) is 60.7 Å². The Morgan fingerprint density at radius 2 is 1.50 bits per heavy atom. The van der Waals surface area contributed by atoms with Gasteiger partial charge in [0.1, 0.15) is 10.6 Å². The van der Waals surface area contributed by atoms with E-state index in [1.165, 1.54) is 16.2 Å². The average Bonchev–Trinajstić information content (AvgIpc) is 3.09. The minimum Gasteiger partial charge on any atom is -0.493 e. The van der Waals surface area contributed by atoms with Crippen LogP contribution in [0.25, 0.3) is 0 Å². The summed E-state index contributed by atoms with van der Waals surface area (Å²) in [7, 11) is 5.02. The molecular weight excluding hydrogens is 344 g/mol. The zero-order chi connectivity index (χ0) is 18.5. The first-order chi connectivity index (χ1) is 12.6. The zero-order valence-electron chi connectivity index (χ0n) is 15.0. The van der Waals surface area contributed by atoms with Crippen molar-refractivity contribution < 1.29 is 9.53 Å². The Hall–Kier alpha value is -2.92. The Balaban J connectivity index is 2.14. The maximum Gasteiger partial charge on any atom is 0.267 e. The second-order valence-corrected chi connectivity index (χ2v) is 6.76. The van der Waals surface area contributed by atoms with Gasteiger partial charge in [0.25, 0.3) is 5.91 Å². The van der Waals surface area contributed by atoms with Gasteiger partial charge in [0.15, 0.2) is 5.75 Å². The van der Waals surface area contributed by atoms with Crippen molar-refractivity contribution in [1.29, 1.82) is 0 Å². The molecule has 0 spiro atoms. The first-order valence-corrected chi connectivity index (χ1v) is 9.06. The molecule has 0 fully saturated rings. The van der Waals surface area contributed by atoms with Gasteiger partial charge in [-0.05, 0) is 0 Å². The Morgan fingerprint density at radius 1 is 0.962 bits per heavy atom. The predicted octanol–water partition coefficient (Wildman–Crippen LogP) is 4.63. The first-order valence-electron chi connectivity index (χ1n) is 8.18. The third-order valence-corrected chi connectivity index (χ3v) is 4.80. The lowest BCUT2D eigenvalue weighted by atomic mass is 10.0. The van der Waals surface area contributed by atoms with Crippen molar-refractivity contribution in [2.75, 3.05) is 21.2 Å². The fourth-order valence-electron chi connectivity index (χ4n) is 2.57. The molecule has 0 unspecified atom stereocenters. The Kier molecular flexibility index (Phi) is 5.49. The molecule has 0 radical (unpaired) electrons. The van der Waals surface area contributed by atoms with Crippen LogP contribution in [0, 0.1) is 0 Å². The SMILES string of the molecule is COc1c(N=C(c2ccccc2)c2ccccc2)csc1C(=O)N(C)C. The summed E-state index contributed by atoms with van der Waals surface area (Å²) in [6, 6.07) is 20.0. The number of hydrogen-bond donors (Lipinski definition) is 0. The van der Waals surface area contributed by atoms with Crippen LogP contribution in [-0.4, -0.2) is 37.7 Å². The molecule has 1 aromatic heterocycles. The maximum atomic E-state index is 12.4. The van der Waals surface area contributed by atoms with Crippen molar-refractivity contribution in [2.45, 2.75) is 0 Å². The van der Waals surface area contributed by atoms with E-state index in [4.69, 9.17) is 9.73 Å². The van der Waals surface area contributed by atoms with Crippen LogP contribution in [0.1, 0.15) is 20.8 Å². The molecule has 3 rings (SSSR count). The van der Waals surface area contributed by atoms with E-state index in [-0.39, 0.29) is 5.91 Å². The van der Waals surface area contributed by atoms with Crippen LogP contribution < -0.4 is 4.74 Å². The molecule has 1 amide bonds. The molecule has 132 valence electrons. The summed E-state index contributed by atoms with van der Waals surface area (Å²) in [6.07, 6.45) is 0. The van der Waals surface area contributed by atoms with Crippen molar-refractivity contribution in [3.05, 3.63) is 82.0 Å². The summed E-state index contributed by atoms with van der Waals surface area (Å²) in [5, 5.41) is 1.86. The summed E-state index contributed by atoms with van der Waals surface area (Å²) in [5.74, 6) is 0.423. The molecule has 26 heavy (non-hydrogen) atoms. The highest BCUT2D eigenvalue weighted by atomic mass is 32.1. The summed E-state index contributed by atoms with van der Waals surface area (Å²) >= 11 is 1.35. The van der Waals surface area contributed by atoms with Gasteiger partial charge >= 0.3 is 0 Å². The first kappa shape index (κ1) is 17.9. The molecule has 4 nitrogen and oxygen atoms in total. The number of carbonyl (C=O) groups is 1. The highest BCUT2D eigenvalue weighted by Gasteiger charge is 2.21.